The summed E-state index contributed by atoms with van der Waals surface area (Å²) in [5.74, 6) is 0.523. The Bertz CT molecular complexity index is 1160. The van der Waals surface area contributed by atoms with Crippen LogP contribution >= 0.6 is 11.8 Å². The molecule has 0 amide bonds. The molecule has 1 N–H and O–H groups in total. The number of hydrogen-bond acceptors (Lipinski definition) is 4. The van der Waals surface area contributed by atoms with Crippen molar-refractivity contribution in [3.8, 4) is 5.75 Å². The van der Waals surface area contributed by atoms with Gasteiger partial charge in [0.1, 0.15) is 5.75 Å². The zero-order valence-electron chi connectivity index (χ0n) is 19.0. The molecule has 33 heavy (non-hydrogen) atoms. The number of carboxylic acid groups (broad SMARTS) is 1. The van der Waals surface area contributed by atoms with E-state index in [1.165, 1.54) is 11.1 Å². The topological polar surface area (TPSA) is 63.6 Å². The standard InChI is InChI=1S/C28H28O4S/c1-19-6-5-7-20(14-19)12-13-33-26-15-21(10-11-25(26)32-2)24(29)18-28(27(30)31)16-22-8-3-4-9-23(22)17-28/h3-11,14-15H,12-13,16-18H2,1-2H3,(H,30,31). The molecule has 0 unspecified atom stereocenters. The van der Waals surface area contributed by atoms with Crippen molar-refractivity contribution in [1.29, 1.82) is 0 Å². The molecule has 3 aromatic rings. The summed E-state index contributed by atoms with van der Waals surface area (Å²) < 4.78 is 5.51. The molecule has 0 saturated carbocycles. The van der Waals surface area contributed by atoms with Gasteiger partial charge in [0.05, 0.1) is 17.4 Å². The monoisotopic (exact) mass is 460 g/mol. The molecule has 170 valence electrons. The molecule has 0 bridgehead atoms. The predicted molar refractivity (Wildman–Crippen MR) is 131 cm³/mol. The van der Waals surface area contributed by atoms with Crippen LogP contribution in [0.3, 0.4) is 0 Å². The van der Waals surface area contributed by atoms with E-state index < -0.39 is 11.4 Å². The summed E-state index contributed by atoms with van der Waals surface area (Å²) in [6, 6.07) is 21.6. The third kappa shape index (κ3) is 5.14. The molecule has 1 aliphatic carbocycles. The Balaban J connectivity index is 1.49. The Labute approximate surface area is 199 Å². The number of hydrogen-bond donors (Lipinski definition) is 1. The van der Waals surface area contributed by atoms with Gasteiger partial charge in [0, 0.05) is 17.7 Å². The lowest BCUT2D eigenvalue weighted by Gasteiger charge is -2.23. The van der Waals surface area contributed by atoms with Crippen molar-refractivity contribution in [2.75, 3.05) is 12.9 Å². The molecule has 0 aromatic heterocycles. The quantitative estimate of drug-likeness (QED) is 0.324. The molecule has 0 spiro atoms. The fraction of sp³-hybridized carbons (Fsp3) is 0.286. The van der Waals surface area contributed by atoms with Gasteiger partial charge in [-0.2, -0.15) is 0 Å². The van der Waals surface area contributed by atoms with Crippen molar-refractivity contribution in [2.45, 2.75) is 37.5 Å². The summed E-state index contributed by atoms with van der Waals surface area (Å²) in [6.45, 7) is 2.08. The fourth-order valence-electron chi connectivity index (χ4n) is 4.56. The molecule has 3 aromatic carbocycles. The van der Waals surface area contributed by atoms with Crippen LogP contribution < -0.4 is 4.74 Å². The van der Waals surface area contributed by atoms with E-state index in [4.69, 9.17) is 4.74 Å². The minimum absolute atomic E-state index is 0.0171. The first kappa shape index (κ1) is 23.1. The number of ether oxygens (including phenoxy) is 1. The summed E-state index contributed by atoms with van der Waals surface area (Å²) in [7, 11) is 1.62. The smallest absolute Gasteiger partial charge is 0.310 e. The molecular weight excluding hydrogens is 432 g/mol. The van der Waals surface area contributed by atoms with Crippen LogP contribution in [0.1, 0.15) is 39.0 Å². The Kier molecular flexibility index (Phi) is 6.89. The van der Waals surface area contributed by atoms with Gasteiger partial charge in [0.15, 0.2) is 5.78 Å². The number of methoxy groups -OCH3 is 1. The molecule has 0 fully saturated rings. The summed E-state index contributed by atoms with van der Waals surface area (Å²) >= 11 is 1.65. The molecular formula is C28H28O4S. The van der Waals surface area contributed by atoms with Gasteiger partial charge in [-0.1, -0.05) is 54.1 Å². The molecule has 1 aliphatic rings. The Morgan fingerprint density at radius 1 is 1.00 bits per heavy atom. The van der Waals surface area contributed by atoms with Crippen molar-refractivity contribution >= 4 is 23.5 Å². The predicted octanol–water partition coefficient (Wildman–Crippen LogP) is 5.78. The molecule has 0 heterocycles. The van der Waals surface area contributed by atoms with E-state index in [2.05, 4.69) is 31.2 Å². The van der Waals surface area contributed by atoms with E-state index in [1.54, 1.807) is 31.0 Å². The van der Waals surface area contributed by atoms with Crippen molar-refractivity contribution in [1.82, 2.24) is 0 Å². The Morgan fingerprint density at radius 3 is 2.36 bits per heavy atom. The number of aryl methyl sites for hydroxylation is 2. The number of aliphatic carboxylic acids is 1. The first-order valence-electron chi connectivity index (χ1n) is 11.1. The highest BCUT2D eigenvalue weighted by Gasteiger charge is 2.45. The lowest BCUT2D eigenvalue weighted by molar-refractivity contribution is -0.148. The minimum atomic E-state index is -1.08. The van der Waals surface area contributed by atoms with Crippen LogP contribution in [0.15, 0.2) is 71.6 Å². The molecule has 0 radical (unpaired) electrons. The number of benzene rings is 3. The van der Waals surface area contributed by atoms with Gasteiger partial charge < -0.3 is 9.84 Å². The highest BCUT2D eigenvalue weighted by molar-refractivity contribution is 7.99. The van der Waals surface area contributed by atoms with Crippen molar-refractivity contribution < 1.29 is 19.4 Å². The number of carbonyl (C=O) groups is 2. The van der Waals surface area contributed by atoms with Crippen molar-refractivity contribution in [2.24, 2.45) is 5.41 Å². The molecule has 4 nitrogen and oxygen atoms in total. The van der Waals surface area contributed by atoms with E-state index in [0.717, 1.165) is 33.9 Å². The maximum atomic E-state index is 13.2. The van der Waals surface area contributed by atoms with E-state index in [9.17, 15) is 14.7 Å². The van der Waals surface area contributed by atoms with E-state index in [1.807, 2.05) is 30.3 Å². The number of rotatable bonds is 9. The van der Waals surface area contributed by atoms with Gasteiger partial charge in [-0.3, -0.25) is 9.59 Å². The lowest BCUT2D eigenvalue weighted by Crippen LogP contribution is -2.34. The Hall–Kier alpha value is -3.05. The molecule has 4 rings (SSSR count). The normalized spacial score (nSPS) is 14.0. The number of carbonyl (C=O) groups excluding carboxylic acids is 1. The van der Waals surface area contributed by atoms with Crippen LogP contribution in [0.5, 0.6) is 5.75 Å². The average Bonchev–Trinajstić information content (AvgIpc) is 3.18. The highest BCUT2D eigenvalue weighted by Crippen LogP contribution is 2.41. The molecule has 5 heteroatoms. The maximum Gasteiger partial charge on any atom is 0.310 e. The molecule has 0 saturated heterocycles. The third-order valence-corrected chi connectivity index (χ3v) is 7.38. The van der Waals surface area contributed by atoms with Crippen LogP contribution in [0.4, 0.5) is 0 Å². The molecule has 0 atom stereocenters. The SMILES string of the molecule is COc1ccc(C(=O)CC2(C(=O)O)Cc3ccccc3C2)cc1SCCc1cccc(C)c1. The molecule has 0 aliphatic heterocycles. The number of Topliss-reactive ketones (excluding diaryl/α,β-unsaturated/α-hetero) is 1. The second-order valence-corrected chi connectivity index (χ2v) is 9.90. The first-order valence-corrected chi connectivity index (χ1v) is 12.1. The number of carboxylic acids is 1. The van der Waals surface area contributed by atoms with Crippen molar-refractivity contribution in [3.63, 3.8) is 0 Å². The van der Waals surface area contributed by atoms with Gasteiger partial charge >= 0.3 is 5.97 Å². The zero-order chi connectivity index (χ0) is 23.4. The van der Waals surface area contributed by atoms with Crippen LogP contribution in [0.2, 0.25) is 0 Å². The van der Waals surface area contributed by atoms with Crippen LogP contribution in [0, 0.1) is 12.3 Å². The van der Waals surface area contributed by atoms with Gasteiger partial charge in [0.2, 0.25) is 0 Å². The first-order chi connectivity index (χ1) is 15.9. The maximum absolute atomic E-state index is 13.2. The summed E-state index contributed by atoms with van der Waals surface area (Å²) in [4.78, 5) is 26.4. The van der Waals surface area contributed by atoms with Gasteiger partial charge in [0.25, 0.3) is 0 Å². The van der Waals surface area contributed by atoms with Crippen LogP contribution in [-0.4, -0.2) is 29.7 Å². The second kappa shape index (κ2) is 9.84. The summed E-state index contributed by atoms with van der Waals surface area (Å²) in [5, 5.41) is 10.0. The number of fused-ring (bicyclic) bond motifs is 1. The van der Waals surface area contributed by atoms with Crippen molar-refractivity contribution in [3.05, 3.63) is 94.5 Å². The second-order valence-electron chi connectivity index (χ2n) is 8.76. The van der Waals surface area contributed by atoms with E-state index in [0.29, 0.717) is 18.4 Å². The van der Waals surface area contributed by atoms with Gasteiger partial charge in [-0.05, 0) is 61.1 Å². The fourth-order valence-corrected chi connectivity index (χ4v) is 5.63. The Morgan fingerprint density at radius 2 is 1.73 bits per heavy atom. The zero-order valence-corrected chi connectivity index (χ0v) is 19.8. The number of ketones is 1. The van der Waals surface area contributed by atoms with E-state index in [-0.39, 0.29) is 12.2 Å². The van der Waals surface area contributed by atoms with Gasteiger partial charge in [-0.15, -0.1) is 11.8 Å². The number of thioether (sulfide) groups is 1. The third-order valence-electron chi connectivity index (χ3n) is 6.35. The van der Waals surface area contributed by atoms with Gasteiger partial charge in [-0.25, -0.2) is 0 Å². The largest absolute Gasteiger partial charge is 0.496 e. The average molecular weight is 461 g/mol. The van der Waals surface area contributed by atoms with Crippen LogP contribution in [0.25, 0.3) is 0 Å². The minimum Gasteiger partial charge on any atom is -0.496 e. The van der Waals surface area contributed by atoms with Crippen LogP contribution in [-0.2, 0) is 24.1 Å². The summed E-state index contributed by atoms with van der Waals surface area (Å²) in [5.41, 5.74) is 4.01. The lowest BCUT2D eigenvalue weighted by atomic mass is 9.79. The highest BCUT2D eigenvalue weighted by atomic mass is 32.2. The summed E-state index contributed by atoms with van der Waals surface area (Å²) in [6.07, 6.45) is 1.67. The van der Waals surface area contributed by atoms with E-state index >= 15 is 0 Å².